The van der Waals surface area contributed by atoms with Crippen LogP contribution in [0, 0.1) is 10.1 Å². The highest BCUT2D eigenvalue weighted by Gasteiger charge is 2.39. The third-order valence-electron chi connectivity index (χ3n) is 3.99. The van der Waals surface area contributed by atoms with E-state index < -0.39 is 22.7 Å². The highest BCUT2D eigenvalue weighted by molar-refractivity contribution is 6.53. The van der Waals surface area contributed by atoms with Gasteiger partial charge in [0.25, 0.3) is 17.5 Å². The molecule has 1 heterocycles. The number of rotatable bonds is 6. The molecule has 1 aliphatic rings. The lowest BCUT2D eigenvalue weighted by molar-refractivity contribution is -0.384. The molecule has 0 atom stereocenters. The number of ether oxygens (including phenoxy) is 1. The molecule has 0 aliphatic carbocycles. The van der Waals surface area contributed by atoms with Crippen LogP contribution in [0.4, 0.5) is 17.1 Å². The number of carbonyl (C=O) groups excluding carboxylic acids is 3. The minimum absolute atomic E-state index is 0.0295. The first kappa shape index (κ1) is 20.0. The lowest BCUT2D eigenvalue weighted by atomic mass is 10.2. The molecule has 29 heavy (non-hydrogen) atoms. The van der Waals surface area contributed by atoms with Crippen molar-refractivity contribution in [2.75, 3.05) is 16.8 Å². The Labute approximate surface area is 169 Å². The first-order chi connectivity index (χ1) is 13.8. The fourth-order valence-electron chi connectivity index (χ4n) is 2.64. The molecule has 2 amide bonds. The van der Waals surface area contributed by atoms with Crippen molar-refractivity contribution in [1.82, 2.24) is 0 Å². The van der Waals surface area contributed by atoms with Crippen LogP contribution in [0.1, 0.15) is 17.3 Å². The Bertz CT molecular complexity index is 1050. The van der Waals surface area contributed by atoms with E-state index in [1.54, 1.807) is 6.92 Å². The number of nitrogens with zero attached hydrogens (tertiary/aromatic N) is 2. The van der Waals surface area contributed by atoms with Crippen molar-refractivity contribution >= 4 is 46.4 Å². The van der Waals surface area contributed by atoms with Crippen LogP contribution in [0.25, 0.3) is 0 Å². The molecule has 10 heteroatoms. The number of anilines is 2. The first-order valence-electron chi connectivity index (χ1n) is 8.40. The fourth-order valence-corrected chi connectivity index (χ4v) is 2.85. The van der Waals surface area contributed by atoms with Crippen LogP contribution in [-0.2, 0) is 14.3 Å². The van der Waals surface area contributed by atoms with Gasteiger partial charge in [0.15, 0.2) is 0 Å². The van der Waals surface area contributed by atoms with Crippen molar-refractivity contribution in [1.29, 1.82) is 0 Å². The summed E-state index contributed by atoms with van der Waals surface area (Å²) in [5.74, 6) is -2.04. The third-order valence-corrected chi connectivity index (χ3v) is 4.34. The van der Waals surface area contributed by atoms with Crippen LogP contribution in [0.3, 0.4) is 0 Å². The maximum Gasteiger partial charge on any atom is 0.338 e. The van der Waals surface area contributed by atoms with E-state index in [9.17, 15) is 24.5 Å². The van der Waals surface area contributed by atoms with Crippen LogP contribution < -0.4 is 10.2 Å². The molecule has 0 unspecified atom stereocenters. The predicted molar refractivity (Wildman–Crippen MR) is 104 cm³/mol. The zero-order chi connectivity index (χ0) is 21.1. The zero-order valence-electron chi connectivity index (χ0n) is 15.0. The Morgan fingerprint density at radius 1 is 1.17 bits per heavy atom. The summed E-state index contributed by atoms with van der Waals surface area (Å²) in [6, 6.07) is 11.1. The minimum atomic E-state index is -0.803. The third kappa shape index (κ3) is 3.94. The van der Waals surface area contributed by atoms with Gasteiger partial charge >= 0.3 is 5.97 Å². The van der Waals surface area contributed by atoms with Gasteiger partial charge in [-0.2, -0.15) is 0 Å². The maximum atomic E-state index is 12.7. The monoisotopic (exact) mass is 415 g/mol. The molecule has 2 aromatic rings. The summed E-state index contributed by atoms with van der Waals surface area (Å²) < 4.78 is 4.90. The van der Waals surface area contributed by atoms with Crippen LogP contribution in [-0.4, -0.2) is 29.3 Å². The number of imide groups is 1. The number of carbonyl (C=O) groups is 3. The van der Waals surface area contributed by atoms with E-state index in [4.69, 9.17) is 16.3 Å². The van der Waals surface area contributed by atoms with Gasteiger partial charge in [0.05, 0.1) is 22.8 Å². The Kier molecular flexibility index (Phi) is 5.60. The Morgan fingerprint density at radius 2 is 1.86 bits per heavy atom. The number of nitro groups is 1. The molecule has 0 radical (unpaired) electrons. The Morgan fingerprint density at radius 3 is 2.48 bits per heavy atom. The van der Waals surface area contributed by atoms with Gasteiger partial charge in [0.1, 0.15) is 10.7 Å². The van der Waals surface area contributed by atoms with Gasteiger partial charge in [-0.05, 0) is 37.3 Å². The van der Waals surface area contributed by atoms with E-state index >= 15 is 0 Å². The molecule has 1 N–H and O–H groups in total. The number of hydrogen-bond donors (Lipinski definition) is 1. The maximum absolute atomic E-state index is 12.7. The quantitative estimate of drug-likeness (QED) is 0.333. The standard InChI is InChI=1S/C19H14ClN3O6/c1-2-29-19(26)11-6-8-12(9-7-11)21-16-15(20)17(24)22(18(16)25)13-4-3-5-14(10-13)23(27)28/h3-10,21H,2H2,1H3. The molecule has 0 saturated heterocycles. The molecule has 9 nitrogen and oxygen atoms in total. The van der Waals surface area contributed by atoms with Crippen molar-refractivity contribution in [2.24, 2.45) is 0 Å². The van der Waals surface area contributed by atoms with Crippen LogP contribution in [0.15, 0.2) is 59.3 Å². The summed E-state index contributed by atoms with van der Waals surface area (Å²) in [5, 5.41) is 13.4. The Hall–Kier alpha value is -3.72. The average molecular weight is 416 g/mol. The van der Waals surface area contributed by atoms with Gasteiger partial charge < -0.3 is 10.1 Å². The Balaban J connectivity index is 1.83. The van der Waals surface area contributed by atoms with E-state index in [0.717, 1.165) is 11.0 Å². The van der Waals surface area contributed by atoms with Crippen molar-refractivity contribution < 1.29 is 24.0 Å². The van der Waals surface area contributed by atoms with E-state index in [1.807, 2.05) is 0 Å². The van der Waals surface area contributed by atoms with Crippen LogP contribution >= 0.6 is 11.6 Å². The van der Waals surface area contributed by atoms with Crippen LogP contribution in [0.2, 0.25) is 0 Å². The number of benzene rings is 2. The number of nitro benzene ring substituents is 1. The molecule has 1 aliphatic heterocycles. The number of nitrogens with one attached hydrogen (secondary N) is 1. The lowest BCUT2D eigenvalue weighted by Crippen LogP contribution is -2.32. The van der Waals surface area contributed by atoms with E-state index in [-0.39, 0.29) is 28.7 Å². The normalized spacial score (nSPS) is 13.7. The molecule has 0 spiro atoms. The lowest BCUT2D eigenvalue weighted by Gasteiger charge is -2.15. The van der Waals surface area contributed by atoms with Gasteiger partial charge in [-0.1, -0.05) is 17.7 Å². The van der Waals surface area contributed by atoms with Gasteiger partial charge in [-0.3, -0.25) is 19.7 Å². The average Bonchev–Trinajstić information content (AvgIpc) is 2.92. The van der Waals surface area contributed by atoms with E-state index in [2.05, 4.69) is 5.32 Å². The number of amides is 2. The summed E-state index contributed by atoms with van der Waals surface area (Å²) in [5.41, 5.74) is 0.321. The second-order valence-corrected chi connectivity index (χ2v) is 6.21. The second kappa shape index (κ2) is 8.11. The summed E-state index contributed by atoms with van der Waals surface area (Å²) in [6.07, 6.45) is 0. The molecule has 148 valence electrons. The molecular weight excluding hydrogens is 402 g/mol. The molecule has 0 saturated carbocycles. The SMILES string of the molecule is CCOC(=O)c1ccc(NC2=C(Cl)C(=O)N(c3cccc([N+](=O)[O-])c3)C2=O)cc1. The summed E-state index contributed by atoms with van der Waals surface area (Å²) >= 11 is 6.04. The number of esters is 1. The molecule has 2 aromatic carbocycles. The highest BCUT2D eigenvalue weighted by atomic mass is 35.5. The van der Waals surface area contributed by atoms with Gasteiger partial charge in [0.2, 0.25) is 0 Å². The summed E-state index contributed by atoms with van der Waals surface area (Å²) in [4.78, 5) is 48.0. The van der Waals surface area contributed by atoms with E-state index in [0.29, 0.717) is 11.3 Å². The number of halogens is 1. The van der Waals surface area contributed by atoms with Crippen molar-refractivity contribution in [3.63, 3.8) is 0 Å². The van der Waals surface area contributed by atoms with Crippen LogP contribution in [0.5, 0.6) is 0 Å². The number of non-ortho nitro benzene ring substituents is 1. The van der Waals surface area contributed by atoms with Crippen molar-refractivity contribution in [3.8, 4) is 0 Å². The summed E-state index contributed by atoms with van der Waals surface area (Å²) in [6.45, 7) is 1.93. The molecule has 0 bridgehead atoms. The predicted octanol–water partition coefficient (Wildman–Crippen LogP) is 3.21. The smallest absolute Gasteiger partial charge is 0.338 e. The summed E-state index contributed by atoms with van der Waals surface area (Å²) in [7, 11) is 0. The highest BCUT2D eigenvalue weighted by Crippen LogP contribution is 2.31. The zero-order valence-corrected chi connectivity index (χ0v) is 15.8. The van der Waals surface area contributed by atoms with Gasteiger partial charge in [0, 0.05) is 17.8 Å². The molecular formula is C19H14ClN3O6. The molecule has 3 rings (SSSR count). The number of hydrogen-bond acceptors (Lipinski definition) is 7. The van der Waals surface area contributed by atoms with E-state index in [1.165, 1.54) is 42.5 Å². The van der Waals surface area contributed by atoms with Gasteiger partial charge in [-0.25, -0.2) is 9.69 Å². The first-order valence-corrected chi connectivity index (χ1v) is 8.78. The largest absolute Gasteiger partial charge is 0.462 e. The fraction of sp³-hybridized carbons (Fsp3) is 0.105. The van der Waals surface area contributed by atoms with Crippen molar-refractivity contribution in [2.45, 2.75) is 6.92 Å². The topological polar surface area (TPSA) is 119 Å². The second-order valence-electron chi connectivity index (χ2n) is 5.83. The molecule has 0 aromatic heterocycles. The minimum Gasteiger partial charge on any atom is -0.462 e. The van der Waals surface area contributed by atoms with Gasteiger partial charge in [-0.15, -0.1) is 0 Å². The molecule has 0 fully saturated rings. The van der Waals surface area contributed by atoms with Crippen molar-refractivity contribution in [3.05, 3.63) is 74.9 Å².